The minimum absolute atomic E-state index is 0.863. The summed E-state index contributed by atoms with van der Waals surface area (Å²) in [6.07, 6.45) is 0.863. The van der Waals surface area contributed by atoms with E-state index in [9.17, 15) is 0 Å². The van der Waals surface area contributed by atoms with Gasteiger partial charge in [0.25, 0.3) is 0 Å². The van der Waals surface area contributed by atoms with Gasteiger partial charge in [0.1, 0.15) is 0 Å². The zero-order chi connectivity index (χ0) is 15.5. The fourth-order valence-electron chi connectivity index (χ4n) is 2.98. The van der Waals surface area contributed by atoms with E-state index in [-0.39, 0.29) is 0 Å². The third kappa shape index (κ3) is 2.82. The first-order valence-corrected chi connectivity index (χ1v) is 11.2. The van der Waals surface area contributed by atoms with Crippen LogP contribution in [-0.4, -0.2) is 6.66 Å². The van der Waals surface area contributed by atoms with Gasteiger partial charge in [-0.3, -0.25) is 0 Å². The van der Waals surface area contributed by atoms with Gasteiger partial charge in [0.15, 0.2) is 0 Å². The molecule has 0 aliphatic carbocycles. The molecule has 0 unspecified atom stereocenters. The molecule has 0 spiro atoms. The van der Waals surface area contributed by atoms with Gasteiger partial charge in [0, 0.05) is 0 Å². The fourth-order valence-corrected chi connectivity index (χ4v) is 7.69. The molecule has 2 heteroatoms. The Morgan fingerprint density at radius 3 is 1.41 bits per heavy atom. The van der Waals surface area contributed by atoms with Crippen molar-refractivity contribution < 1.29 is 0 Å². The summed E-state index contributed by atoms with van der Waals surface area (Å²) in [7, 11) is 0. The van der Waals surface area contributed by atoms with Crippen molar-refractivity contribution >= 4 is 27.8 Å². The molecule has 0 aliphatic rings. The Hall–Kier alpha value is -1.62. The van der Waals surface area contributed by atoms with E-state index in [0.29, 0.717) is 0 Å². The topological polar surface area (TPSA) is 0 Å². The van der Waals surface area contributed by atoms with Crippen molar-refractivity contribution in [3.05, 3.63) is 96.6 Å². The van der Waals surface area contributed by atoms with E-state index in [1.165, 1.54) is 16.2 Å². The summed E-state index contributed by atoms with van der Waals surface area (Å²) in [5.74, 6) is -2.77. The van der Waals surface area contributed by atoms with Gasteiger partial charge in [-0.2, -0.15) is 0 Å². The van der Waals surface area contributed by atoms with Gasteiger partial charge in [-0.1, -0.05) is 0 Å². The van der Waals surface area contributed by atoms with Crippen LogP contribution in [0.3, 0.4) is 0 Å². The van der Waals surface area contributed by atoms with Crippen LogP contribution in [0.2, 0.25) is 0 Å². The molecular formula is C20H20ClP. The van der Waals surface area contributed by atoms with Gasteiger partial charge in [-0.15, -0.1) is 0 Å². The van der Waals surface area contributed by atoms with Gasteiger partial charge in [0.05, 0.1) is 0 Å². The first-order chi connectivity index (χ1) is 10.6. The molecule has 0 amide bonds. The third-order valence-corrected chi connectivity index (χ3v) is 10.2. The van der Waals surface area contributed by atoms with Crippen LogP contribution in [-0.2, 0) is 6.16 Å². The zero-order valence-electron chi connectivity index (χ0n) is 12.7. The van der Waals surface area contributed by atoms with Crippen LogP contribution >= 0.6 is 17.2 Å². The van der Waals surface area contributed by atoms with Gasteiger partial charge < -0.3 is 0 Å². The van der Waals surface area contributed by atoms with Crippen molar-refractivity contribution in [2.45, 2.75) is 6.16 Å². The van der Waals surface area contributed by atoms with Crippen LogP contribution in [0.5, 0.6) is 0 Å². The molecule has 0 aliphatic heterocycles. The minimum atomic E-state index is -2.77. The van der Waals surface area contributed by atoms with Gasteiger partial charge >= 0.3 is 137 Å². The molecule has 3 aromatic carbocycles. The molecule has 22 heavy (non-hydrogen) atoms. The van der Waals surface area contributed by atoms with E-state index in [1.807, 2.05) is 18.2 Å². The van der Waals surface area contributed by atoms with Crippen molar-refractivity contribution in [1.82, 2.24) is 0 Å². The molecule has 0 radical (unpaired) electrons. The third-order valence-electron chi connectivity index (χ3n) is 4.25. The van der Waals surface area contributed by atoms with Crippen LogP contribution in [0, 0.1) is 0 Å². The Morgan fingerprint density at radius 1 is 0.636 bits per heavy atom. The van der Waals surface area contributed by atoms with Crippen molar-refractivity contribution in [2.24, 2.45) is 0 Å². The van der Waals surface area contributed by atoms with E-state index in [2.05, 4.69) is 79.5 Å². The number of halogens is 1. The second-order valence-corrected chi connectivity index (χ2v) is 13.4. The molecule has 0 atom stereocenters. The number of benzene rings is 3. The van der Waals surface area contributed by atoms with Crippen molar-refractivity contribution in [3.8, 4) is 0 Å². The molecule has 0 saturated carbocycles. The summed E-state index contributed by atoms with van der Waals surface area (Å²) in [6.45, 7) is 2.25. The Balaban J connectivity index is 2.19. The molecule has 0 saturated heterocycles. The number of hydrogen-bond donors (Lipinski definition) is 0. The molecule has 0 fully saturated rings. The Morgan fingerprint density at radius 2 is 1.00 bits per heavy atom. The van der Waals surface area contributed by atoms with Gasteiger partial charge in [-0.25, -0.2) is 0 Å². The molecule has 3 aromatic rings. The molecule has 0 bridgehead atoms. The van der Waals surface area contributed by atoms with Gasteiger partial charge in [0.2, 0.25) is 0 Å². The predicted molar refractivity (Wildman–Crippen MR) is 101 cm³/mol. The average molecular weight is 327 g/mol. The van der Waals surface area contributed by atoms with Crippen LogP contribution in [0.25, 0.3) is 0 Å². The quantitative estimate of drug-likeness (QED) is 0.580. The molecule has 112 valence electrons. The van der Waals surface area contributed by atoms with Crippen molar-refractivity contribution in [1.29, 1.82) is 0 Å². The normalized spacial score (nSPS) is 13.3. The van der Waals surface area contributed by atoms with Crippen LogP contribution in [0.1, 0.15) is 5.56 Å². The summed E-state index contributed by atoms with van der Waals surface area (Å²) < 4.78 is 0. The maximum absolute atomic E-state index is 7.51. The SMILES string of the molecule is CP(Cl)(Cc1ccccc1)(c1ccccc1)c1ccccc1. The summed E-state index contributed by atoms with van der Waals surface area (Å²) >= 11 is 7.51. The van der Waals surface area contributed by atoms with E-state index >= 15 is 0 Å². The second kappa shape index (κ2) is 5.88. The van der Waals surface area contributed by atoms with E-state index < -0.39 is 5.96 Å². The molecular weight excluding hydrogens is 307 g/mol. The second-order valence-electron chi connectivity index (χ2n) is 5.96. The standard InChI is InChI=1S/C20H20ClP/c1-22(21,19-13-7-3-8-14-19,20-15-9-4-10-16-20)17-18-11-5-2-6-12-18/h2-16H,17H2,1H3. The van der Waals surface area contributed by atoms with Crippen molar-refractivity contribution in [2.75, 3.05) is 6.66 Å². The number of hydrogen-bond acceptors (Lipinski definition) is 0. The fraction of sp³-hybridized carbons (Fsp3) is 0.100. The first-order valence-electron chi connectivity index (χ1n) is 7.47. The Bertz CT molecular complexity index is 693. The predicted octanol–water partition coefficient (Wildman–Crippen LogP) is 5.17. The average Bonchev–Trinajstić information content (AvgIpc) is 2.57. The molecule has 0 aromatic heterocycles. The Labute approximate surface area is 137 Å². The van der Waals surface area contributed by atoms with Crippen molar-refractivity contribution in [3.63, 3.8) is 0 Å². The van der Waals surface area contributed by atoms with Crippen LogP contribution in [0.15, 0.2) is 91.0 Å². The summed E-state index contributed by atoms with van der Waals surface area (Å²) in [4.78, 5) is 0. The summed E-state index contributed by atoms with van der Waals surface area (Å²) in [6, 6.07) is 31.6. The van der Waals surface area contributed by atoms with Gasteiger partial charge in [-0.05, 0) is 0 Å². The van der Waals surface area contributed by atoms with E-state index in [1.54, 1.807) is 0 Å². The van der Waals surface area contributed by atoms with E-state index in [0.717, 1.165) is 6.16 Å². The van der Waals surface area contributed by atoms with Crippen LogP contribution in [0.4, 0.5) is 0 Å². The van der Waals surface area contributed by atoms with E-state index in [4.69, 9.17) is 11.2 Å². The number of rotatable bonds is 4. The first kappa shape index (κ1) is 15.3. The zero-order valence-corrected chi connectivity index (χ0v) is 14.3. The maximum atomic E-state index is 7.51. The summed E-state index contributed by atoms with van der Waals surface area (Å²) in [5.41, 5.74) is 1.28. The Kier molecular flexibility index (Phi) is 4.08. The molecule has 0 N–H and O–H groups in total. The summed E-state index contributed by atoms with van der Waals surface area (Å²) in [5, 5.41) is 2.48. The molecule has 0 heterocycles. The molecule has 0 nitrogen and oxygen atoms in total. The molecule has 3 rings (SSSR count). The monoisotopic (exact) mass is 326 g/mol. The van der Waals surface area contributed by atoms with Crippen LogP contribution < -0.4 is 10.6 Å².